The lowest BCUT2D eigenvalue weighted by Gasteiger charge is -2.30. The molecular formula is C29H30N2O4. The molecule has 2 N–H and O–H groups in total. The molecule has 5 rings (SSSR count). The van der Waals surface area contributed by atoms with Crippen LogP contribution in [0.5, 0.6) is 17.2 Å². The van der Waals surface area contributed by atoms with Gasteiger partial charge in [0.2, 0.25) is 5.75 Å². The third-order valence-electron chi connectivity index (χ3n) is 6.84. The number of aryl methyl sites for hydroxylation is 1. The molecule has 0 saturated carbocycles. The van der Waals surface area contributed by atoms with Crippen LogP contribution in [-0.2, 0) is 4.79 Å². The molecule has 2 unspecified atom stereocenters. The van der Waals surface area contributed by atoms with Crippen LogP contribution in [0.2, 0.25) is 0 Å². The monoisotopic (exact) mass is 470 g/mol. The highest BCUT2D eigenvalue weighted by molar-refractivity contribution is 6.01. The number of hydrogen-bond acceptors (Lipinski definition) is 6. The van der Waals surface area contributed by atoms with Crippen molar-refractivity contribution in [3.63, 3.8) is 0 Å². The minimum atomic E-state index is -0.227. The van der Waals surface area contributed by atoms with Crippen LogP contribution in [0.25, 0.3) is 0 Å². The number of benzene rings is 3. The molecule has 0 bridgehead atoms. The molecule has 6 nitrogen and oxygen atoms in total. The Morgan fingerprint density at radius 2 is 1.51 bits per heavy atom. The van der Waals surface area contributed by atoms with Crippen molar-refractivity contribution in [2.75, 3.05) is 32.0 Å². The van der Waals surface area contributed by atoms with E-state index in [0.717, 1.165) is 39.3 Å². The molecule has 2 aliphatic rings. The van der Waals surface area contributed by atoms with Crippen molar-refractivity contribution < 1.29 is 19.0 Å². The van der Waals surface area contributed by atoms with E-state index < -0.39 is 0 Å². The molecule has 1 aliphatic heterocycles. The number of ketones is 1. The Bertz CT molecular complexity index is 1290. The summed E-state index contributed by atoms with van der Waals surface area (Å²) in [6.07, 6.45) is 1.09. The van der Waals surface area contributed by atoms with Crippen LogP contribution in [0.1, 0.15) is 41.5 Å². The normalized spacial score (nSPS) is 19.0. The van der Waals surface area contributed by atoms with Gasteiger partial charge in [-0.3, -0.25) is 4.79 Å². The lowest BCUT2D eigenvalue weighted by atomic mass is 9.78. The first-order chi connectivity index (χ1) is 17.0. The number of ether oxygens (including phenoxy) is 3. The van der Waals surface area contributed by atoms with Crippen molar-refractivity contribution in [1.82, 2.24) is 0 Å². The molecule has 1 aliphatic carbocycles. The van der Waals surface area contributed by atoms with E-state index in [0.29, 0.717) is 30.1 Å². The number of Topliss-reactive ketones (excluding diaryl/α,β-unsaturated/α-hetero) is 1. The summed E-state index contributed by atoms with van der Waals surface area (Å²) in [5, 5.41) is 7.24. The van der Waals surface area contributed by atoms with E-state index in [-0.39, 0.29) is 17.7 Å². The zero-order valence-corrected chi connectivity index (χ0v) is 20.5. The quantitative estimate of drug-likeness (QED) is 0.477. The number of para-hydroxylation sites is 2. The number of carbonyl (C=O) groups is 1. The summed E-state index contributed by atoms with van der Waals surface area (Å²) in [5.41, 5.74) is 6.92. The second-order valence-corrected chi connectivity index (χ2v) is 9.04. The zero-order valence-electron chi connectivity index (χ0n) is 20.5. The lowest BCUT2D eigenvalue weighted by molar-refractivity contribution is -0.116. The number of methoxy groups -OCH3 is 3. The van der Waals surface area contributed by atoms with Gasteiger partial charge in [0, 0.05) is 17.7 Å². The molecule has 0 amide bonds. The number of anilines is 2. The molecule has 0 saturated heterocycles. The van der Waals surface area contributed by atoms with Crippen LogP contribution >= 0.6 is 0 Å². The van der Waals surface area contributed by atoms with E-state index in [2.05, 4.69) is 35.8 Å². The number of allylic oxidation sites excluding steroid dienone is 1. The average molecular weight is 471 g/mol. The number of rotatable bonds is 5. The van der Waals surface area contributed by atoms with E-state index in [1.807, 2.05) is 42.5 Å². The smallest absolute Gasteiger partial charge is 0.203 e. The van der Waals surface area contributed by atoms with Crippen molar-refractivity contribution in [3.8, 4) is 17.2 Å². The van der Waals surface area contributed by atoms with E-state index in [1.54, 1.807) is 21.3 Å². The molecule has 3 aromatic carbocycles. The molecule has 2 atom stereocenters. The Kier molecular flexibility index (Phi) is 6.12. The maximum atomic E-state index is 13.8. The first-order valence-corrected chi connectivity index (χ1v) is 11.8. The fourth-order valence-corrected chi connectivity index (χ4v) is 5.16. The maximum absolute atomic E-state index is 13.8. The van der Waals surface area contributed by atoms with Gasteiger partial charge in [-0.2, -0.15) is 0 Å². The first-order valence-electron chi connectivity index (χ1n) is 11.8. The van der Waals surface area contributed by atoms with Gasteiger partial charge in [-0.15, -0.1) is 0 Å². The highest BCUT2D eigenvalue weighted by Crippen LogP contribution is 2.47. The van der Waals surface area contributed by atoms with Crippen LogP contribution < -0.4 is 24.8 Å². The van der Waals surface area contributed by atoms with Crippen molar-refractivity contribution >= 4 is 17.2 Å². The molecule has 6 heteroatoms. The molecule has 0 aromatic heterocycles. The van der Waals surface area contributed by atoms with Crippen LogP contribution in [0.3, 0.4) is 0 Å². The van der Waals surface area contributed by atoms with Gasteiger partial charge in [0.1, 0.15) is 0 Å². The van der Waals surface area contributed by atoms with Gasteiger partial charge in [-0.25, -0.2) is 0 Å². The summed E-state index contributed by atoms with van der Waals surface area (Å²) in [6.45, 7) is 2.07. The molecule has 1 heterocycles. The SMILES string of the molecule is COc1cc(C2CC(=O)C3=C(C2)Nc2ccccc2NC3c2cccc(C)c2)cc(OC)c1OC. The van der Waals surface area contributed by atoms with Gasteiger partial charge in [-0.05, 0) is 54.7 Å². The topological polar surface area (TPSA) is 68.8 Å². The Labute approximate surface area is 205 Å². The van der Waals surface area contributed by atoms with Crippen molar-refractivity contribution in [2.24, 2.45) is 0 Å². The molecule has 0 spiro atoms. The zero-order chi connectivity index (χ0) is 24.5. The number of carbonyl (C=O) groups excluding carboxylic acids is 1. The Balaban J connectivity index is 1.60. The van der Waals surface area contributed by atoms with Crippen molar-refractivity contribution in [1.29, 1.82) is 0 Å². The van der Waals surface area contributed by atoms with Crippen molar-refractivity contribution in [3.05, 3.63) is 88.6 Å². The largest absolute Gasteiger partial charge is 0.493 e. The maximum Gasteiger partial charge on any atom is 0.203 e. The molecule has 0 fully saturated rings. The summed E-state index contributed by atoms with van der Waals surface area (Å²) < 4.78 is 16.6. The third-order valence-corrected chi connectivity index (χ3v) is 6.84. The second kappa shape index (κ2) is 9.37. The predicted molar refractivity (Wildman–Crippen MR) is 138 cm³/mol. The van der Waals surface area contributed by atoms with Gasteiger partial charge >= 0.3 is 0 Å². The van der Waals surface area contributed by atoms with Crippen LogP contribution in [0.15, 0.2) is 71.9 Å². The third kappa shape index (κ3) is 4.20. The Morgan fingerprint density at radius 3 is 2.17 bits per heavy atom. The fourth-order valence-electron chi connectivity index (χ4n) is 5.16. The van der Waals surface area contributed by atoms with Crippen molar-refractivity contribution in [2.45, 2.75) is 31.7 Å². The van der Waals surface area contributed by atoms with Gasteiger partial charge in [0.05, 0.1) is 38.7 Å². The summed E-state index contributed by atoms with van der Waals surface area (Å²) in [5.74, 6) is 1.83. The van der Waals surface area contributed by atoms with Crippen LogP contribution in [0.4, 0.5) is 11.4 Å². The Hall–Kier alpha value is -3.93. The number of hydrogen-bond donors (Lipinski definition) is 2. The number of fused-ring (bicyclic) bond motifs is 1. The molecular weight excluding hydrogens is 440 g/mol. The Morgan fingerprint density at radius 1 is 0.800 bits per heavy atom. The van der Waals surface area contributed by atoms with Crippen LogP contribution in [-0.4, -0.2) is 27.1 Å². The van der Waals surface area contributed by atoms with E-state index in [1.165, 1.54) is 0 Å². The van der Waals surface area contributed by atoms with E-state index >= 15 is 0 Å². The van der Waals surface area contributed by atoms with E-state index in [9.17, 15) is 4.79 Å². The minimum Gasteiger partial charge on any atom is -0.493 e. The standard InChI is InChI=1S/C29H30N2O4/c1-17-8-7-9-18(12-17)28-27-23(30-21-10-5-6-11-22(21)31-28)13-19(14-24(27)32)20-15-25(33-2)29(35-4)26(16-20)34-3/h5-12,15-16,19,28,30-31H,13-14H2,1-4H3. The highest BCUT2D eigenvalue weighted by Gasteiger charge is 2.36. The van der Waals surface area contributed by atoms with Gasteiger partial charge in [-0.1, -0.05) is 42.0 Å². The molecule has 35 heavy (non-hydrogen) atoms. The first kappa shape index (κ1) is 22.8. The van der Waals surface area contributed by atoms with Gasteiger partial charge < -0.3 is 24.8 Å². The van der Waals surface area contributed by atoms with Gasteiger partial charge in [0.25, 0.3) is 0 Å². The lowest BCUT2D eigenvalue weighted by Crippen LogP contribution is -2.27. The van der Waals surface area contributed by atoms with Crippen LogP contribution in [0, 0.1) is 6.92 Å². The second-order valence-electron chi connectivity index (χ2n) is 9.04. The average Bonchev–Trinajstić information content (AvgIpc) is 3.04. The highest BCUT2D eigenvalue weighted by atomic mass is 16.5. The molecule has 0 radical (unpaired) electrons. The predicted octanol–water partition coefficient (Wildman–Crippen LogP) is 6.00. The fraction of sp³-hybridized carbons (Fsp3) is 0.276. The summed E-state index contributed by atoms with van der Waals surface area (Å²) in [7, 11) is 4.80. The molecule has 180 valence electrons. The van der Waals surface area contributed by atoms with E-state index in [4.69, 9.17) is 14.2 Å². The summed E-state index contributed by atoms with van der Waals surface area (Å²) >= 11 is 0. The minimum absolute atomic E-state index is 0.0223. The summed E-state index contributed by atoms with van der Waals surface area (Å²) in [6, 6.07) is 20.1. The number of nitrogens with one attached hydrogen (secondary N) is 2. The summed E-state index contributed by atoms with van der Waals surface area (Å²) in [4.78, 5) is 13.8. The molecule has 3 aromatic rings. The van der Waals surface area contributed by atoms with Gasteiger partial charge in [0.15, 0.2) is 17.3 Å².